The van der Waals surface area contributed by atoms with Crippen LogP contribution in [0.15, 0.2) is 76.7 Å². The summed E-state index contributed by atoms with van der Waals surface area (Å²) in [4.78, 5) is 134. The predicted octanol–water partition coefficient (Wildman–Crippen LogP) is -7.75. The lowest BCUT2D eigenvalue weighted by atomic mass is 10.1. The van der Waals surface area contributed by atoms with Crippen LogP contribution in [0.3, 0.4) is 0 Å². The molecule has 0 radical (unpaired) electrons. The van der Waals surface area contributed by atoms with Crippen LogP contribution in [0, 0.1) is 0 Å². The Balaban J connectivity index is 0.906. The lowest BCUT2D eigenvalue weighted by Crippen LogP contribution is -2.40. The largest absolute Gasteiger partial charge is 0.472 e. The summed E-state index contributed by atoms with van der Waals surface area (Å²) in [5, 5.41) is 65.4. The number of rotatable bonds is 20. The highest BCUT2D eigenvalue weighted by Crippen LogP contribution is 2.53. The highest BCUT2D eigenvalue weighted by Gasteiger charge is 2.55. The number of aliphatic hydroxyl groups excluding tert-OH is 6. The minimum absolute atomic E-state index is 0.191. The topological polar surface area (TPSA) is 580 Å². The number of hydrogen-bond acceptors (Lipinski definition) is 29. The normalized spacial score (nSPS) is 33.0. The number of anilines is 1. The first kappa shape index (κ1) is 58.8. The van der Waals surface area contributed by atoms with Gasteiger partial charge in [0.15, 0.2) is 36.1 Å². The van der Waals surface area contributed by atoms with Crippen molar-refractivity contribution in [2.45, 2.75) is 98.2 Å². The molecule has 43 heteroatoms. The van der Waals surface area contributed by atoms with E-state index in [9.17, 15) is 92.6 Å². The number of aromatic nitrogens is 10. The first-order valence-corrected chi connectivity index (χ1v) is 27.4. The molecule has 0 amide bonds. The fraction of sp³-hybridized carbons (Fsp3) is 0.541. The van der Waals surface area contributed by atoms with Gasteiger partial charge in [0.05, 0.1) is 32.8 Å². The molecular formula is C37H46N11O29P3. The number of nitrogen functional groups attached to an aromatic ring is 1. The molecule has 80 heavy (non-hydrogen) atoms. The van der Waals surface area contributed by atoms with Gasteiger partial charge in [0.25, 0.3) is 22.2 Å². The second kappa shape index (κ2) is 22.8. The monoisotopic (exact) mass is 1200 g/mol. The minimum Gasteiger partial charge on any atom is -0.394 e. The second-order valence-electron chi connectivity index (χ2n) is 17.7. The average Bonchev–Trinajstić information content (AvgIpc) is 4.29. The maximum Gasteiger partial charge on any atom is 0.472 e. The van der Waals surface area contributed by atoms with E-state index in [0.717, 1.165) is 47.7 Å². The van der Waals surface area contributed by atoms with Crippen LogP contribution in [0.5, 0.6) is 0 Å². The van der Waals surface area contributed by atoms with Crippen molar-refractivity contribution >= 4 is 40.6 Å². The van der Waals surface area contributed by atoms with Gasteiger partial charge in [-0.15, -0.1) is 0 Å². The number of H-pyrrole nitrogens is 4. The molecule has 5 aromatic rings. The summed E-state index contributed by atoms with van der Waals surface area (Å²) < 4.78 is 96.7. The number of aliphatic hydroxyl groups is 6. The van der Waals surface area contributed by atoms with Gasteiger partial charge in [-0.1, -0.05) is 0 Å². The lowest BCUT2D eigenvalue weighted by molar-refractivity contribution is -0.0653. The van der Waals surface area contributed by atoms with Gasteiger partial charge in [-0.2, -0.15) is 4.98 Å². The summed E-state index contributed by atoms with van der Waals surface area (Å²) in [5.41, 5.74) is -1.79. The number of nitrogens with one attached hydrogen (secondary N) is 4. The maximum atomic E-state index is 13.8. The number of phosphoric acid groups is 3. The Hall–Kier alpha value is -5.88. The lowest BCUT2D eigenvalue weighted by Gasteiger charge is -2.26. The van der Waals surface area contributed by atoms with Crippen LogP contribution in [0.2, 0.25) is 0 Å². The number of phosphoric ester groups is 3. The zero-order valence-corrected chi connectivity index (χ0v) is 42.6. The Morgan fingerprint density at radius 1 is 0.525 bits per heavy atom. The minimum atomic E-state index is -5.78. The summed E-state index contributed by atoms with van der Waals surface area (Å²) in [5.74, 6) is -0.348. The summed E-state index contributed by atoms with van der Waals surface area (Å²) >= 11 is 0. The van der Waals surface area contributed by atoms with Gasteiger partial charge < -0.3 is 70.0 Å². The summed E-state index contributed by atoms with van der Waals surface area (Å²) in [6.45, 7) is -4.68. The van der Waals surface area contributed by atoms with E-state index in [4.69, 9.17) is 51.8 Å². The smallest absolute Gasteiger partial charge is 0.394 e. The van der Waals surface area contributed by atoms with Crippen molar-refractivity contribution in [3.63, 3.8) is 0 Å². The fourth-order valence-electron chi connectivity index (χ4n) is 8.82. The molecule has 0 saturated carbocycles. The van der Waals surface area contributed by atoms with Crippen molar-refractivity contribution < 1.29 is 105 Å². The Kier molecular flexibility index (Phi) is 16.8. The number of aromatic amines is 4. The van der Waals surface area contributed by atoms with Crippen LogP contribution in [0.4, 0.5) is 5.95 Å². The Morgan fingerprint density at radius 3 is 1.29 bits per heavy atom. The van der Waals surface area contributed by atoms with Crippen molar-refractivity contribution in [1.82, 2.24) is 48.2 Å². The van der Waals surface area contributed by atoms with E-state index in [1.807, 2.05) is 15.0 Å². The van der Waals surface area contributed by atoms with E-state index >= 15 is 0 Å². The van der Waals surface area contributed by atoms with Crippen LogP contribution in [0.25, 0.3) is 11.2 Å². The van der Waals surface area contributed by atoms with E-state index in [2.05, 4.69) is 15.0 Å². The third-order valence-corrected chi connectivity index (χ3v) is 15.5. The van der Waals surface area contributed by atoms with Crippen molar-refractivity contribution in [1.29, 1.82) is 0 Å². The Morgan fingerprint density at radius 2 is 0.887 bits per heavy atom. The molecule has 4 fully saturated rings. The van der Waals surface area contributed by atoms with E-state index in [-0.39, 0.29) is 17.1 Å². The predicted molar refractivity (Wildman–Crippen MR) is 251 cm³/mol. The van der Waals surface area contributed by atoms with Crippen LogP contribution in [-0.2, 0) is 59.8 Å². The molecule has 19 atom stereocenters. The molecule has 0 aromatic carbocycles. The van der Waals surface area contributed by atoms with Gasteiger partial charge in [0, 0.05) is 36.8 Å². The molecule has 15 N–H and O–H groups in total. The molecule has 40 nitrogen and oxygen atoms in total. The van der Waals surface area contributed by atoms with Gasteiger partial charge in [-0.3, -0.25) is 84.5 Å². The number of nitrogens with zero attached hydrogens (tertiary/aromatic N) is 6. The maximum absolute atomic E-state index is 13.8. The molecule has 0 spiro atoms. The first-order chi connectivity index (χ1) is 37.6. The molecule has 9 heterocycles. The van der Waals surface area contributed by atoms with E-state index in [1.165, 1.54) is 0 Å². The molecule has 0 bridgehead atoms. The molecule has 9 rings (SSSR count). The molecule has 4 aliphatic rings. The molecule has 5 aromatic heterocycles. The van der Waals surface area contributed by atoms with Gasteiger partial charge >= 0.3 is 40.5 Å². The molecular weight excluding hydrogens is 1160 g/mol. The van der Waals surface area contributed by atoms with Crippen LogP contribution in [0.1, 0.15) is 24.9 Å². The molecule has 3 unspecified atom stereocenters. The third kappa shape index (κ3) is 12.2. The van der Waals surface area contributed by atoms with Crippen molar-refractivity contribution in [3.8, 4) is 0 Å². The number of fused-ring (bicyclic) bond motifs is 1. The fourth-order valence-corrected chi connectivity index (χ4v) is 11.7. The molecule has 438 valence electrons. The van der Waals surface area contributed by atoms with Gasteiger partial charge in [0.1, 0.15) is 73.2 Å². The molecule has 4 aliphatic heterocycles. The standard InChI is InChI=1S/C37H46N11O29P3/c38-34-43-28-19(29(58)44-34)39-11-48(28)30-21(54)20(53)13(72-30)8-68-78(62,63)76-26-15(74-32(23(26)56)46-5-2-17(51)41-36(46)60)10-70-80(66,67)77-27-14(73-33(24(27)57)47-6-3-18(52)42-37(47)61)9-69-79(64,65)75-25-12(7-49)71-31(22(25)55)45-4-1-16(50)40-35(45)59/h1-6,11-15,20-27,30-33,49,53-57H,7-10H2,(H,62,63)(H,64,65)(H,66,67)(H,40,50,59)(H,41,51,60)(H,42,52,61)(H3,38,43,44,58)/t12-,13-,14-,15-,20-,21-,22-,23-,24-,25-,26-,27-,30-,31-,32-,33-/m1/s1. The van der Waals surface area contributed by atoms with E-state index < -0.39 is 187 Å². The molecule has 4 saturated heterocycles. The van der Waals surface area contributed by atoms with Gasteiger partial charge in [0.2, 0.25) is 5.95 Å². The summed E-state index contributed by atoms with van der Waals surface area (Å²) in [7, 11) is -16.9. The van der Waals surface area contributed by atoms with Crippen molar-refractivity contribution in [2.75, 3.05) is 32.2 Å². The first-order valence-electron chi connectivity index (χ1n) is 22.9. The summed E-state index contributed by atoms with van der Waals surface area (Å²) in [6.07, 6.45) is -27.7. The van der Waals surface area contributed by atoms with Crippen LogP contribution < -0.4 is 45.0 Å². The quantitative estimate of drug-likeness (QED) is 0.0322. The molecule has 0 aliphatic carbocycles. The van der Waals surface area contributed by atoms with Crippen LogP contribution in [-0.4, -0.2) is 193 Å². The Labute approximate surface area is 439 Å². The average molecular weight is 1200 g/mol. The van der Waals surface area contributed by atoms with Crippen molar-refractivity contribution in [2.24, 2.45) is 0 Å². The SMILES string of the molecule is Nc1nc2c(ncn2[C@@H]2O[C@H](COP(=O)(O)O[C@H]3[C@@H](O)[C@H](n4ccc(=O)[nH]c4=O)O[C@@H]3COP(=O)(O)O[C@H]3[C@@H](O)[C@H](n4ccc(=O)[nH]c4=O)O[C@@H]3COP(=O)(O)O[C@H]3[C@@H](O)[C@H](n4ccc(=O)[nH]c4=O)O[C@@H]3CO)[C@@H](O)[C@H]2O)c(=O)[nH]1. The third-order valence-electron chi connectivity index (χ3n) is 12.5. The van der Waals surface area contributed by atoms with E-state index in [1.54, 1.807) is 0 Å². The number of nitrogens with two attached hydrogens (primary N) is 1. The highest BCUT2D eigenvalue weighted by atomic mass is 31.2. The second-order valence-corrected chi connectivity index (χ2v) is 21.9. The summed E-state index contributed by atoms with van der Waals surface area (Å²) in [6, 6.07) is 2.47. The Bertz CT molecular complexity index is 3690. The van der Waals surface area contributed by atoms with Crippen molar-refractivity contribution in [3.05, 3.63) is 116 Å². The number of ether oxygens (including phenoxy) is 4. The van der Waals surface area contributed by atoms with E-state index in [0.29, 0.717) is 13.7 Å². The number of imidazole rings is 1. The zero-order chi connectivity index (χ0) is 57.9. The zero-order valence-electron chi connectivity index (χ0n) is 39.9. The van der Waals surface area contributed by atoms with Gasteiger partial charge in [-0.05, 0) is 0 Å². The number of hydrogen-bond donors (Lipinski definition) is 14. The van der Waals surface area contributed by atoms with Crippen LogP contribution >= 0.6 is 23.5 Å². The highest BCUT2D eigenvalue weighted by molar-refractivity contribution is 7.48. The van der Waals surface area contributed by atoms with Gasteiger partial charge in [-0.25, -0.2) is 33.1 Å².